The molecule has 1 nitrogen and oxygen atoms in total. The molecule has 1 aromatic rings. The van der Waals surface area contributed by atoms with E-state index < -0.39 is 0 Å². The van der Waals surface area contributed by atoms with Crippen molar-refractivity contribution >= 4 is 11.9 Å². The van der Waals surface area contributed by atoms with E-state index in [-0.39, 0.29) is 0 Å². The Morgan fingerprint density at radius 1 is 1.33 bits per heavy atom. The molecule has 0 bridgehead atoms. The molecule has 0 unspecified atom stereocenters. The fourth-order valence-corrected chi connectivity index (χ4v) is 1.15. The van der Waals surface area contributed by atoms with E-state index in [9.17, 15) is 4.79 Å². The van der Waals surface area contributed by atoms with Gasteiger partial charge in [-0.25, -0.2) is 0 Å². The van der Waals surface area contributed by atoms with Crippen molar-refractivity contribution in [3.8, 4) is 0 Å². The van der Waals surface area contributed by atoms with Crippen molar-refractivity contribution in [3.63, 3.8) is 0 Å². The van der Waals surface area contributed by atoms with Gasteiger partial charge in [0, 0.05) is 0 Å². The molecular weight excluding hydrogens is 148 g/mol. The van der Waals surface area contributed by atoms with Gasteiger partial charge in [0.2, 0.25) is 0 Å². The summed E-state index contributed by atoms with van der Waals surface area (Å²) in [5.74, 6) is 0. The number of carbonyl (C=O) groups excluding carboxylic acids is 1. The van der Waals surface area contributed by atoms with E-state index in [2.05, 4.69) is 0 Å². The van der Waals surface area contributed by atoms with Crippen molar-refractivity contribution in [1.29, 1.82) is 0 Å². The lowest BCUT2D eigenvalue weighted by Crippen LogP contribution is -1.82. The van der Waals surface area contributed by atoms with Gasteiger partial charge in [-0.2, -0.15) is 0 Å². The monoisotopic (exact) mass is 160 g/mol. The topological polar surface area (TPSA) is 17.1 Å². The van der Waals surface area contributed by atoms with Gasteiger partial charge in [0.05, 0.1) is 0 Å². The lowest BCUT2D eigenvalue weighted by Gasteiger charge is -2.01. The zero-order chi connectivity index (χ0) is 8.81. The molecule has 0 radical (unpaired) electrons. The van der Waals surface area contributed by atoms with E-state index in [0.717, 1.165) is 23.8 Å². The summed E-state index contributed by atoms with van der Waals surface area (Å²) < 4.78 is 0. The summed E-state index contributed by atoms with van der Waals surface area (Å²) >= 11 is 0. The smallest absolute Gasteiger partial charge is 0.143 e. The number of carbonyl (C=O) groups is 1. The molecule has 0 aromatic heterocycles. The molecular formula is C11H12O. The van der Waals surface area contributed by atoms with Crippen LogP contribution in [0.2, 0.25) is 0 Å². The highest BCUT2D eigenvalue weighted by atomic mass is 16.1. The third-order valence-electron chi connectivity index (χ3n) is 1.79. The van der Waals surface area contributed by atoms with Gasteiger partial charge in [0.15, 0.2) is 0 Å². The molecule has 1 aromatic carbocycles. The first kappa shape index (κ1) is 8.72. The predicted molar refractivity (Wildman–Crippen MR) is 50.8 cm³/mol. The van der Waals surface area contributed by atoms with Crippen LogP contribution < -0.4 is 0 Å². The second-order valence-corrected chi connectivity index (χ2v) is 2.55. The molecule has 0 saturated carbocycles. The molecule has 1 rings (SSSR count). The van der Waals surface area contributed by atoms with Gasteiger partial charge >= 0.3 is 0 Å². The van der Waals surface area contributed by atoms with E-state index in [1.54, 1.807) is 6.08 Å². The van der Waals surface area contributed by atoms with Crippen LogP contribution in [0.15, 0.2) is 36.4 Å². The van der Waals surface area contributed by atoms with Crippen molar-refractivity contribution in [2.24, 2.45) is 0 Å². The zero-order valence-electron chi connectivity index (χ0n) is 7.16. The third-order valence-corrected chi connectivity index (χ3v) is 1.79. The Morgan fingerprint density at radius 3 is 2.50 bits per heavy atom. The second-order valence-electron chi connectivity index (χ2n) is 2.55. The molecule has 1 heteroatoms. The normalized spacial score (nSPS) is 11.2. The quantitative estimate of drug-likeness (QED) is 0.490. The lowest BCUT2D eigenvalue weighted by atomic mass is 10.0. The Kier molecular flexibility index (Phi) is 3.27. The Hall–Kier alpha value is -1.37. The minimum atomic E-state index is 0.839. The molecule has 0 amide bonds. The van der Waals surface area contributed by atoms with Crippen LogP contribution in [0, 0.1) is 0 Å². The molecule has 62 valence electrons. The molecule has 0 heterocycles. The number of aldehydes is 1. The van der Waals surface area contributed by atoms with Crippen LogP contribution >= 0.6 is 0 Å². The summed E-state index contributed by atoms with van der Waals surface area (Å²) in [4.78, 5) is 10.3. The highest BCUT2D eigenvalue weighted by Gasteiger charge is 1.95. The van der Waals surface area contributed by atoms with Crippen LogP contribution in [-0.4, -0.2) is 6.29 Å². The van der Waals surface area contributed by atoms with Crippen molar-refractivity contribution in [2.45, 2.75) is 13.3 Å². The van der Waals surface area contributed by atoms with Gasteiger partial charge < -0.3 is 0 Å². The van der Waals surface area contributed by atoms with E-state index in [1.807, 2.05) is 37.3 Å². The van der Waals surface area contributed by atoms with Gasteiger partial charge in [-0.3, -0.25) is 4.79 Å². The molecule has 0 aliphatic rings. The van der Waals surface area contributed by atoms with Crippen molar-refractivity contribution in [2.75, 3.05) is 0 Å². The minimum absolute atomic E-state index is 0.839. The molecule has 0 saturated heterocycles. The predicted octanol–water partition coefficient (Wildman–Crippen LogP) is 2.68. The maximum Gasteiger partial charge on any atom is 0.143 e. The van der Waals surface area contributed by atoms with Crippen LogP contribution in [-0.2, 0) is 4.79 Å². The SMILES string of the molecule is CCC(=CC=O)c1ccccc1. The standard InChI is InChI=1S/C11H12O/c1-2-10(8-9-12)11-6-4-3-5-7-11/h3-9H,2H2,1H3. The number of allylic oxidation sites excluding steroid dienone is 2. The van der Waals surface area contributed by atoms with Crippen molar-refractivity contribution < 1.29 is 4.79 Å². The summed E-state index contributed by atoms with van der Waals surface area (Å²) in [6.07, 6.45) is 3.35. The van der Waals surface area contributed by atoms with E-state index in [1.165, 1.54) is 0 Å². The summed E-state index contributed by atoms with van der Waals surface area (Å²) in [6.45, 7) is 2.04. The van der Waals surface area contributed by atoms with Crippen LogP contribution in [0.5, 0.6) is 0 Å². The Bertz CT molecular complexity index is 272. The third kappa shape index (κ3) is 2.06. The van der Waals surface area contributed by atoms with E-state index >= 15 is 0 Å². The van der Waals surface area contributed by atoms with Gasteiger partial charge in [-0.15, -0.1) is 0 Å². The van der Waals surface area contributed by atoms with Crippen molar-refractivity contribution in [3.05, 3.63) is 42.0 Å². The number of rotatable bonds is 3. The molecule has 0 N–H and O–H groups in total. The Morgan fingerprint density at radius 2 is 2.00 bits per heavy atom. The number of benzene rings is 1. The largest absolute Gasteiger partial charge is 0.299 e. The molecule has 0 aliphatic carbocycles. The summed E-state index contributed by atoms with van der Waals surface area (Å²) in [6, 6.07) is 9.95. The number of hydrogen-bond donors (Lipinski definition) is 0. The Balaban J connectivity index is 2.95. The fraction of sp³-hybridized carbons (Fsp3) is 0.182. The van der Waals surface area contributed by atoms with Crippen LogP contribution in [0.4, 0.5) is 0 Å². The first-order chi connectivity index (χ1) is 5.88. The van der Waals surface area contributed by atoms with Crippen LogP contribution in [0.3, 0.4) is 0 Å². The van der Waals surface area contributed by atoms with Crippen molar-refractivity contribution in [1.82, 2.24) is 0 Å². The summed E-state index contributed by atoms with van der Waals surface area (Å²) in [5, 5.41) is 0. The van der Waals surface area contributed by atoms with Gasteiger partial charge in [0.25, 0.3) is 0 Å². The molecule has 0 spiro atoms. The van der Waals surface area contributed by atoms with Crippen LogP contribution in [0.25, 0.3) is 5.57 Å². The maximum atomic E-state index is 10.3. The molecule has 0 fully saturated rings. The van der Waals surface area contributed by atoms with Gasteiger partial charge in [-0.05, 0) is 23.6 Å². The van der Waals surface area contributed by atoms with E-state index in [4.69, 9.17) is 0 Å². The zero-order valence-corrected chi connectivity index (χ0v) is 7.16. The molecule has 12 heavy (non-hydrogen) atoms. The van der Waals surface area contributed by atoms with Gasteiger partial charge in [-0.1, -0.05) is 37.3 Å². The average Bonchev–Trinajstić information content (AvgIpc) is 2.15. The summed E-state index contributed by atoms with van der Waals surface area (Å²) in [5.41, 5.74) is 2.22. The molecule has 0 aliphatic heterocycles. The summed E-state index contributed by atoms with van der Waals surface area (Å²) in [7, 11) is 0. The maximum absolute atomic E-state index is 10.3. The highest BCUT2D eigenvalue weighted by Crippen LogP contribution is 2.15. The first-order valence-electron chi connectivity index (χ1n) is 4.08. The van der Waals surface area contributed by atoms with Gasteiger partial charge in [0.1, 0.15) is 6.29 Å². The first-order valence-corrected chi connectivity index (χ1v) is 4.08. The number of hydrogen-bond acceptors (Lipinski definition) is 1. The minimum Gasteiger partial charge on any atom is -0.299 e. The fourth-order valence-electron chi connectivity index (χ4n) is 1.15. The van der Waals surface area contributed by atoms with Crippen LogP contribution in [0.1, 0.15) is 18.9 Å². The molecule has 0 atom stereocenters. The highest BCUT2D eigenvalue weighted by molar-refractivity contribution is 5.81. The lowest BCUT2D eigenvalue weighted by molar-refractivity contribution is -0.104. The van der Waals surface area contributed by atoms with E-state index in [0.29, 0.717) is 0 Å². The Labute approximate surface area is 72.7 Å². The average molecular weight is 160 g/mol. The second kappa shape index (κ2) is 4.50.